The highest BCUT2D eigenvalue weighted by molar-refractivity contribution is 5.88. The number of anilines is 1. The summed E-state index contributed by atoms with van der Waals surface area (Å²) in [4.78, 5) is 20.1. The third-order valence-corrected chi connectivity index (χ3v) is 6.36. The van der Waals surface area contributed by atoms with Gasteiger partial charge in [0.2, 0.25) is 5.95 Å². The van der Waals surface area contributed by atoms with E-state index in [1.807, 2.05) is 22.7 Å². The van der Waals surface area contributed by atoms with Gasteiger partial charge >= 0.3 is 0 Å². The molecule has 10 heteroatoms. The Morgan fingerprint density at radius 2 is 1.86 bits per heavy atom. The number of hydrogen-bond acceptors (Lipinski definition) is 7. The number of morpholine rings is 1. The summed E-state index contributed by atoms with van der Waals surface area (Å²) in [7, 11) is 0. The van der Waals surface area contributed by atoms with Crippen molar-refractivity contribution in [3.8, 4) is 11.3 Å². The van der Waals surface area contributed by atoms with Crippen molar-refractivity contribution in [1.82, 2.24) is 29.7 Å². The van der Waals surface area contributed by atoms with Crippen LogP contribution in [0.4, 0.5) is 14.7 Å². The summed E-state index contributed by atoms with van der Waals surface area (Å²) in [5.74, 6) is -2.47. The highest BCUT2D eigenvalue weighted by Gasteiger charge is 2.32. The van der Waals surface area contributed by atoms with Crippen LogP contribution in [0.1, 0.15) is 53.0 Å². The molecule has 0 bridgehead atoms. The highest BCUT2D eigenvalue weighted by atomic mass is 19.1. The van der Waals surface area contributed by atoms with E-state index in [1.165, 1.54) is 0 Å². The van der Waals surface area contributed by atoms with Crippen molar-refractivity contribution in [1.29, 1.82) is 0 Å². The summed E-state index contributed by atoms with van der Waals surface area (Å²) < 4.78 is 61.8. The zero-order valence-corrected chi connectivity index (χ0v) is 19.5. The number of aromatic nitrogens is 6. The number of aryl methyl sites for hydroxylation is 2. The van der Waals surface area contributed by atoms with Crippen LogP contribution in [0.5, 0.6) is 0 Å². The lowest BCUT2D eigenvalue weighted by Crippen LogP contribution is -2.43. The number of hydrogen-bond donors (Lipinski definition) is 0. The van der Waals surface area contributed by atoms with Gasteiger partial charge in [0.25, 0.3) is 0 Å². The molecule has 2 fully saturated rings. The Morgan fingerprint density at radius 3 is 2.66 bits per heavy atom. The summed E-state index contributed by atoms with van der Waals surface area (Å²) in [5.41, 5.74) is 1.79. The minimum atomic E-state index is -1.40. The van der Waals surface area contributed by atoms with E-state index in [2.05, 4.69) is 25.0 Å². The maximum absolute atomic E-state index is 15.3. The molecule has 1 aliphatic carbocycles. The Morgan fingerprint density at radius 1 is 1.06 bits per heavy atom. The van der Waals surface area contributed by atoms with Crippen molar-refractivity contribution in [2.24, 2.45) is 0 Å². The maximum Gasteiger partial charge on any atom is 0.228 e. The van der Waals surface area contributed by atoms with Gasteiger partial charge in [-0.25, -0.2) is 23.7 Å². The van der Waals surface area contributed by atoms with Crippen LogP contribution in [0.15, 0.2) is 30.5 Å². The predicted molar refractivity (Wildman–Crippen MR) is 126 cm³/mol. The lowest BCUT2D eigenvalue weighted by molar-refractivity contribution is -0.0178. The first-order valence-electron chi connectivity index (χ1n) is 13.0. The molecule has 1 aromatic carbocycles. The number of ether oxygens (including phenoxy) is 1. The van der Waals surface area contributed by atoms with Crippen molar-refractivity contribution in [3.05, 3.63) is 59.1 Å². The third kappa shape index (κ3) is 4.12. The van der Waals surface area contributed by atoms with Crippen molar-refractivity contribution >= 4 is 17.1 Å². The Balaban J connectivity index is 1.49. The Kier molecular flexibility index (Phi) is 4.45. The lowest BCUT2D eigenvalue weighted by atomic mass is 10.1. The van der Waals surface area contributed by atoms with Gasteiger partial charge < -0.3 is 9.64 Å². The number of halogens is 2. The van der Waals surface area contributed by atoms with Crippen LogP contribution in [0.2, 0.25) is 0 Å². The molecule has 1 aliphatic heterocycles. The second kappa shape index (κ2) is 8.30. The smallest absolute Gasteiger partial charge is 0.228 e. The lowest BCUT2D eigenvalue weighted by Gasteiger charge is -2.36. The van der Waals surface area contributed by atoms with Crippen LogP contribution in [-0.4, -0.2) is 48.9 Å². The first kappa shape index (κ1) is 18.8. The number of rotatable bonds is 4. The number of fused-ring (bicyclic) bond motifs is 1. The molecule has 180 valence electrons. The first-order chi connectivity index (χ1) is 18.1. The molecule has 2 atom stereocenters. The van der Waals surface area contributed by atoms with Crippen molar-refractivity contribution < 1.29 is 17.6 Å². The summed E-state index contributed by atoms with van der Waals surface area (Å²) in [6.45, 7) is 6.25. The Labute approximate surface area is 205 Å². The maximum atomic E-state index is 15.3. The van der Waals surface area contributed by atoms with Gasteiger partial charge in [-0.3, -0.25) is 4.68 Å². The Bertz CT molecular complexity index is 1560. The van der Waals surface area contributed by atoms with E-state index in [1.54, 1.807) is 20.0 Å². The number of benzene rings is 1. The van der Waals surface area contributed by atoms with E-state index in [4.69, 9.17) is 8.85 Å². The van der Waals surface area contributed by atoms with Gasteiger partial charge in [-0.15, -0.1) is 0 Å². The van der Waals surface area contributed by atoms with Crippen LogP contribution < -0.4 is 4.90 Å². The standard InChI is InChI=1S/C25H25F2N7O/c1-13-10-33(12-21(35-13)16-9-28-34(11-16)18-5-6-18)25-31-22(19-7-4-17(26)8-20(19)27)23-24(32-25)30-15(3)14(2)29-23/h4,7-9,11,13,18,21H,5-6,10,12H2,1-3H3/t13-,21+/m1/s1/i4D,7D,8D. The summed E-state index contributed by atoms with van der Waals surface area (Å²) >= 11 is 0. The normalized spacial score (nSPS) is 21.7. The molecule has 1 saturated heterocycles. The molecule has 0 spiro atoms. The second-order valence-electron chi connectivity index (χ2n) is 9.14. The van der Waals surface area contributed by atoms with Gasteiger partial charge in [0.15, 0.2) is 5.65 Å². The fourth-order valence-electron chi connectivity index (χ4n) is 4.30. The van der Waals surface area contributed by atoms with Gasteiger partial charge in [0, 0.05) is 29.9 Å². The van der Waals surface area contributed by atoms with E-state index >= 15 is 4.39 Å². The fourth-order valence-corrected chi connectivity index (χ4v) is 4.30. The topological polar surface area (TPSA) is 81.9 Å². The SMILES string of the molecule is [2H]c1c([2H])c(-c2nc(N3C[C@@H](C)O[C@H](c4cnn(C5CC5)c4)C3)nc3nc(C)c(C)nc23)c(F)c([2H])c1F. The molecule has 6 rings (SSSR count). The van der Waals surface area contributed by atoms with Gasteiger partial charge in [0.1, 0.15) is 28.9 Å². The van der Waals surface area contributed by atoms with Crippen LogP contribution in [0.25, 0.3) is 22.4 Å². The largest absolute Gasteiger partial charge is 0.367 e. The molecule has 4 heterocycles. The minimum Gasteiger partial charge on any atom is -0.367 e. The average molecular weight is 481 g/mol. The van der Waals surface area contributed by atoms with Crippen LogP contribution >= 0.6 is 0 Å². The van der Waals surface area contributed by atoms with Gasteiger partial charge in [-0.05, 0) is 45.7 Å². The van der Waals surface area contributed by atoms with E-state index in [0.29, 0.717) is 30.5 Å². The van der Waals surface area contributed by atoms with Gasteiger partial charge in [-0.1, -0.05) is 0 Å². The molecule has 0 N–H and O–H groups in total. The molecular weight excluding hydrogens is 452 g/mol. The summed E-state index contributed by atoms with van der Waals surface area (Å²) in [5, 5.41) is 4.47. The summed E-state index contributed by atoms with van der Waals surface area (Å²) in [6.07, 6.45) is 5.51. The van der Waals surface area contributed by atoms with Crippen LogP contribution in [0.3, 0.4) is 0 Å². The second-order valence-corrected chi connectivity index (χ2v) is 9.14. The third-order valence-electron chi connectivity index (χ3n) is 6.36. The average Bonchev–Trinajstić information content (AvgIpc) is 3.63. The van der Waals surface area contributed by atoms with Gasteiger partial charge in [0.05, 0.1) is 40.4 Å². The van der Waals surface area contributed by atoms with Crippen molar-refractivity contribution in [3.63, 3.8) is 0 Å². The van der Waals surface area contributed by atoms with E-state index < -0.39 is 35.3 Å². The molecule has 8 nitrogen and oxygen atoms in total. The molecule has 3 aromatic heterocycles. The minimum absolute atomic E-state index is 0.109. The monoisotopic (exact) mass is 480 g/mol. The molecule has 0 amide bonds. The van der Waals surface area contributed by atoms with Crippen molar-refractivity contribution in [2.45, 2.75) is 51.9 Å². The highest BCUT2D eigenvalue weighted by Crippen LogP contribution is 2.36. The molecule has 0 unspecified atom stereocenters. The van der Waals surface area contributed by atoms with Crippen LogP contribution in [-0.2, 0) is 4.74 Å². The molecule has 2 aliphatic rings. The molecule has 1 saturated carbocycles. The van der Waals surface area contributed by atoms with Crippen LogP contribution in [0, 0.1) is 25.5 Å². The fraction of sp³-hybridized carbons (Fsp3) is 0.400. The molecule has 0 radical (unpaired) electrons. The number of nitrogens with zero attached hydrogens (tertiary/aromatic N) is 7. The molecule has 35 heavy (non-hydrogen) atoms. The van der Waals surface area contributed by atoms with Crippen molar-refractivity contribution in [2.75, 3.05) is 18.0 Å². The molecular formula is C25H25F2N7O. The van der Waals surface area contributed by atoms with E-state index in [0.717, 1.165) is 18.4 Å². The van der Waals surface area contributed by atoms with E-state index in [9.17, 15) is 4.39 Å². The van der Waals surface area contributed by atoms with E-state index in [-0.39, 0.29) is 35.0 Å². The zero-order valence-electron chi connectivity index (χ0n) is 22.5. The summed E-state index contributed by atoms with van der Waals surface area (Å²) in [6, 6.07) is -2.27. The predicted octanol–water partition coefficient (Wildman–Crippen LogP) is 4.48. The zero-order chi connectivity index (χ0) is 26.9. The Hall–Kier alpha value is -3.53. The van der Waals surface area contributed by atoms with Gasteiger partial charge in [-0.2, -0.15) is 10.1 Å². The quantitative estimate of drug-likeness (QED) is 0.426. The first-order valence-corrected chi connectivity index (χ1v) is 11.5. The molecule has 4 aromatic rings.